The van der Waals surface area contributed by atoms with E-state index in [-0.39, 0.29) is 17.9 Å². The van der Waals surface area contributed by atoms with Crippen LogP contribution in [0.5, 0.6) is 0 Å². The Morgan fingerprint density at radius 1 is 1.31 bits per heavy atom. The van der Waals surface area contributed by atoms with Crippen molar-refractivity contribution in [2.75, 3.05) is 6.61 Å². The summed E-state index contributed by atoms with van der Waals surface area (Å²) < 4.78 is 20.4. The van der Waals surface area contributed by atoms with Crippen LogP contribution in [0.4, 0.5) is 4.39 Å². The number of amides is 1. The van der Waals surface area contributed by atoms with E-state index in [1.165, 1.54) is 6.07 Å². The van der Waals surface area contributed by atoms with Crippen molar-refractivity contribution >= 4 is 27.7 Å². The molecular formula is C19H21BrFN3O2. The summed E-state index contributed by atoms with van der Waals surface area (Å²) in [5.74, 6) is -0.920. The zero-order chi connectivity index (χ0) is 19.1. The van der Waals surface area contributed by atoms with Gasteiger partial charge in [0.25, 0.3) is 5.91 Å². The standard InChI is InChI=1S/C19H21BrFN3O2/c1-2-9-26-17(15-8-7-14(20)10-16(15)21)19(25)24-11-12-3-5-13(6-4-12)18(22)23/h3-8,10,17H,2,9,11H2,1H3,(H3,22,23)(H,24,25)/t17-/m0/s1. The molecule has 2 aromatic carbocycles. The van der Waals surface area contributed by atoms with Crippen molar-refractivity contribution in [1.29, 1.82) is 5.41 Å². The fourth-order valence-electron chi connectivity index (χ4n) is 2.34. The van der Waals surface area contributed by atoms with Gasteiger partial charge in [0.05, 0.1) is 0 Å². The highest BCUT2D eigenvalue weighted by Gasteiger charge is 2.24. The predicted molar refractivity (Wildman–Crippen MR) is 102 cm³/mol. The molecule has 138 valence electrons. The molecule has 7 heteroatoms. The third-order valence-corrected chi connectivity index (χ3v) is 4.20. The van der Waals surface area contributed by atoms with Gasteiger partial charge in [0.2, 0.25) is 0 Å². The Labute approximate surface area is 160 Å². The van der Waals surface area contributed by atoms with Gasteiger partial charge in [0, 0.05) is 28.8 Å². The highest BCUT2D eigenvalue weighted by atomic mass is 79.9. The van der Waals surface area contributed by atoms with Gasteiger partial charge in [-0.05, 0) is 24.1 Å². The van der Waals surface area contributed by atoms with Crippen LogP contribution < -0.4 is 11.1 Å². The summed E-state index contributed by atoms with van der Waals surface area (Å²) in [5.41, 5.74) is 7.07. The first-order valence-corrected chi connectivity index (χ1v) is 8.99. The number of benzene rings is 2. The molecule has 0 unspecified atom stereocenters. The summed E-state index contributed by atoms with van der Waals surface area (Å²) in [6, 6.07) is 11.5. The molecule has 0 heterocycles. The van der Waals surface area contributed by atoms with Gasteiger partial charge in [-0.25, -0.2) is 4.39 Å². The van der Waals surface area contributed by atoms with Crippen molar-refractivity contribution in [3.05, 3.63) is 69.4 Å². The van der Waals surface area contributed by atoms with Gasteiger partial charge in [-0.1, -0.05) is 53.2 Å². The summed E-state index contributed by atoms with van der Waals surface area (Å²) >= 11 is 3.21. The minimum absolute atomic E-state index is 0.0145. The first kappa shape index (κ1) is 20.1. The number of halogens is 2. The van der Waals surface area contributed by atoms with E-state index < -0.39 is 17.8 Å². The van der Waals surface area contributed by atoms with Crippen LogP contribution in [0.3, 0.4) is 0 Å². The van der Waals surface area contributed by atoms with Gasteiger partial charge < -0.3 is 15.8 Å². The zero-order valence-electron chi connectivity index (χ0n) is 14.4. The average molecular weight is 422 g/mol. The SMILES string of the molecule is CCCO[C@H](C(=O)NCc1ccc(C(=N)N)cc1)c1ccc(Br)cc1F. The van der Waals surface area contributed by atoms with Crippen LogP contribution in [0.25, 0.3) is 0 Å². The molecule has 26 heavy (non-hydrogen) atoms. The third-order valence-electron chi connectivity index (χ3n) is 3.70. The molecule has 2 rings (SSSR count). The second-order valence-electron chi connectivity index (χ2n) is 5.75. The van der Waals surface area contributed by atoms with Gasteiger partial charge in [-0.2, -0.15) is 0 Å². The van der Waals surface area contributed by atoms with Gasteiger partial charge >= 0.3 is 0 Å². The number of nitrogens with one attached hydrogen (secondary N) is 2. The van der Waals surface area contributed by atoms with Crippen LogP contribution in [0.1, 0.15) is 36.1 Å². The molecule has 0 aromatic heterocycles. The molecule has 0 bridgehead atoms. The summed E-state index contributed by atoms with van der Waals surface area (Å²) in [5, 5.41) is 10.1. The number of nitrogen functional groups attached to an aromatic ring is 1. The van der Waals surface area contributed by atoms with E-state index in [0.717, 1.165) is 5.56 Å². The Kier molecular flexibility index (Phi) is 7.29. The molecule has 5 nitrogen and oxygen atoms in total. The van der Waals surface area contributed by atoms with E-state index in [1.807, 2.05) is 6.92 Å². The Morgan fingerprint density at radius 3 is 2.58 bits per heavy atom. The highest BCUT2D eigenvalue weighted by Crippen LogP contribution is 2.24. The Morgan fingerprint density at radius 2 is 2.00 bits per heavy atom. The minimum Gasteiger partial charge on any atom is -0.384 e. The fourth-order valence-corrected chi connectivity index (χ4v) is 2.67. The molecule has 1 amide bonds. The lowest BCUT2D eigenvalue weighted by Crippen LogP contribution is -2.31. The number of nitrogens with two attached hydrogens (primary N) is 1. The number of ether oxygens (including phenoxy) is 1. The number of carbonyl (C=O) groups excluding carboxylic acids is 1. The van der Waals surface area contributed by atoms with Crippen LogP contribution in [0, 0.1) is 11.2 Å². The number of hydrogen-bond donors (Lipinski definition) is 3. The monoisotopic (exact) mass is 421 g/mol. The van der Waals surface area contributed by atoms with Gasteiger partial charge in [-0.3, -0.25) is 10.2 Å². The molecule has 0 fully saturated rings. The summed E-state index contributed by atoms with van der Waals surface area (Å²) in [7, 11) is 0. The highest BCUT2D eigenvalue weighted by molar-refractivity contribution is 9.10. The van der Waals surface area contributed by atoms with Gasteiger partial charge in [-0.15, -0.1) is 0 Å². The summed E-state index contributed by atoms with van der Waals surface area (Å²) in [6.45, 7) is 2.53. The molecule has 4 N–H and O–H groups in total. The quantitative estimate of drug-likeness (QED) is 0.448. The summed E-state index contributed by atoms with van der Waals surface area (Å²) in [4.78, 5) is 12.6. The largest absolute Gasteiger partial charge is 0.384 e. The number of carbonyl (C=O) groups is 1. The van der Waals surface area contributed by atoms with E-state index in [0.29, 0.717) is 23.1 Å². The molecule has 1 atom stereocenters. The molecule has 2 aromatic rings. The lowest BCUT2D eigenvalue weighted by Gasteiger charge is -2.18. The predicted octanol–water partition coefficient (Wildman–Crippen LogP) is 3.66. The molecule has 0 aliphatic heterocycles. The number of hydrogen-bond acceptors (Lipinski definition) is 3. The van der Waals surface area contributed by atoms with Crippen molar-refractivity contribution in [2.24, 2.45) is 5.73 Å². The lowest BCUT2D eigenvalue weighted by molar-refractivity contribution is -0.133. The van der Waals surface area contributed by atoms with Crippen LogP contribution in [-0.4, -0.2) is 18.3 Å². The normalized spacial score (nSPS) is 11.8. The first-order valence-electron chi connectivity index (χ1n) is 8.20. The molecule has 0 spiro atoms. The lowest BCUT2D eigenvalue weighted by atomic mass is 10.1. The second kappa shape index (κ2) is 9.45. The van der Waals surface area contributed by atoms with E-state index >= 15 is 0 Å². The number of rotatable bonds is 8. The maximum Gasteiger partial charge on any atom is 0.254 e. The molecule has 0 saturated heterocycles. The van der Waals surface area contributed by atoms with Crippen molar-refractivity contribution < 1.29 is 13.9 Å². The average Bonchev–Trinajstić information content (AvgIpc) is 2.62. The van der Waals surface area contributed by atoms with Crippen LogP contribution in [-0.2, 0) is 16.1 Å². The van der Waals surface area contributed by atoms with E-state index in [9.17, 15) is 9.18 Å². The maximum atomic E-state index is 14.2. The number of amidine groups is 1. The van der Waals surface area contributed by atoms with E-state index in [4.69, 9.17) is 15.9 Å². The van der Waals surface area contributed by atoms with E-state index in [2.05, 4.69) is 21.2 Å². The van der Waals surface area contributed by atoms with Crippen LogP contribution >= 0.6 is 15.9 Å². The molecule has 0 radical (unpaired) electrons. The molecule has 0 saturated carbocycles. The Hall–Kier alpha value is -2.25. The van der Waals surface area contributed by atoms with Crippen LogP contribution in [0.15, 0.2) is 46.9 Å². The minimum atomic E-state index is -1.01. The van der Waals surface area contributed by atoms with Crippen molar-refractivity contribution in [2.45, 2.75) is 26.0 Å². The second-order valence-corrected chi connectivity index (χ2v) is 6.66. The van der Waals surface area contributed by atoms with Gasteiger partial charge in [0.1, 0.15) is 11.7 Å². The Bertz CT molecular complexity index is 781. The molecule has 0 aliphatic rings. The fraction of sp³-hybridized carbons (Fsp3) is 0.263. The molecular weight excluding hydrogens is 401 g/mol. The zero-order valence-corrected chi connectivity index (χ0v) is 16.0. The topological polar surface area (TPSA) is 88.2 Å². The maximum absolute atomic E-state index is 14.2. The first-order chi connectivity index (χ1) is 12.4. The molecule has 0 aliphatic carbocycles. The Balaban J connectivity index is 2.09. The summed E-state index contributed by atoms with van der Waals surface area (Å²) in [6.07, 6.45) is -0.298. The third kappa shape index (κ3) is 5.37. The van der Waals surface area contributed by atoms with Crippen molar-refractivity contribution in [3.8, 4) is 0 Å². The smallest absolute Gasteiger partial charge is 0.254 e. The van der Waals surface area contributed by atoms with Crippen LogP contribution in [0.2, 0.25) is 0 Å². The van der Waals surface area contributed by atoms with Crippen molar-refractivity contribution in [3.63, 3.8) is 0 Å². The van der Waals surface area contributed by atoms with Crippen molar-refractivity contribution in [1.82, 2.24) is 5.32 Å². The van der Waals surface area contributed by atoms with Gasteiger partial charge in [0.15, 0.2) is 6.10 Å². The van der Waals surface area contributed by atoms with E-state index in [1.54, 1.807) is 36.4 Å².